The van der Waals surface area contributed by atoms with Gasteiger partial charge in [-0.25, -0.2) is 4.79 Å². The third kappa shape index (κ3) is 8.77. The molecule has 13 heteroatoms. The van der Waals surface area contributed by atoms with Gasteiger partial charge >= 0.3 is 11.9 Å². The third-order valence-corrected chi connectivity index (χ3v) is 6.58. The van der Waals surface area contributed by atoms with E-state index in [9.17, 15) is 29.1 Å². The number of aromatic nitrogens is 1. The van der Waals surface area contributed by atoms with Crippen molar-refractivity contribution in [1.82, 2.24) is 20.9 Å². The summed E-state index contributed by atoms with van der Waals surface area (Å²) in [6.07, 6.45) is 3.15. The maximum absolute atomic E-state index is 13.4. The zero-order valence-corrected chi connectivity index (χ0v) is 22.3. The van der Waals surface area contributed by atoms with E-state index in [1.165, 1.54) is 11.8 Å². The Morgan fingerprint density at radius 1 is 0.974 bits per heavy atom. The van der Waals surface area contributed by atoms with Crippen LogP contribution in [0.4, 0.5) is 0 Å². The number of thioether (sulfide) groups is 1. The van der Waals surface area contributed by atoms with E-state index in [2.05, 4.69) is 20.9 Å². The standard InChI is InChI=1S/C25H35N5O7S/c1-13(2)21(25(36)37)30-23(34)18(8-9-38-3)28-24(35)19(29-22(33)16(26)11-20(31)32)10-14-12-27-17-7-5-4-6-15(14)17/h4-7,12-13,16,18-19,21,27H,8-11,26H2,1-3H3,(H,28,35)(H,29,33)(H,30,34)(H,31,32)(H,36,37). The van der Waals surface area contributed by atoms with Crippen molar-refractivity contribution in [2.24, 2.45) is 11.7 Å². The number of hydrogen-bond acceptors (Lipinski definition) is 7. The second-order valence-electron chi connectivity index (χ2n) is 9.24. The van der Waals surface area contributed by atoms with Crippen LogP contribution in [0.3, 0.4) is 0 Å². The molecule has 3 amide bonds. The fourth-order valence-electron chi connectivity index (χ4n) is 3.83. The van der Waals surface area contributed by atoms with Gasteiger partial charge in [-0.1, -0.05) is 32.0 Å². The van der Waals surface area contributed by atoms with Crippen molar-refractivity contribution in [3.63, 3.8) is 0 Å². The van der Waals surface area contributed by atoms with Crippen LogP contribution in [0.25, 0.3) is 10.9 Å². The normalized spacial score (nSPS) is 14.3. The summed E-state index contributed by atoms with van der Waals surface area (Å²) in [4.78, 5) is 64.7. The smallest absolute Gasteiger partial charge is 0.326 e. The first-order chi connectivity index (χ1) is 17.9. The molecule has 12 nitrogen and oxygen atoms in total. The van der Waals surface area contributed by atoms with E-state index in [-0.39, 0.29) is 12.8 Å². The molecule has 0 fully saturated rings. The number of H-pyrrole nitrogens is 1. The fraction of sp³-hybridized carbons (Fsp3) is 0.480. The van der Waals surface area contributed by atoms with Gasteiger partial charge in [-0.05, 0) is 36.0 Å². The Labute approximate surface area is 224 Å². The van der Waals surface area contributed by atoms with E-state index in [1.807, 2.05) is 30.5 Å². The van der Waals surface area contributed by atoms with Crippen LogP contribution in [0.1, 0.15) is 32.3 Å². The number of carboxylic acids is 2. The van der Waals surface area contributed by atoms with Gasteiger partial charge in [0.2, 0.25) is 17.7 Å². The number of carboxylic acid groups (broad SMARTS) is 2. The quantitative estimate of drug-likeness (QED) is 0.165. The molecule has 38 heavy (non-hydrogen) atoms. The third-order valence-electron chi connectivity index (χ3n) is 5.94. The van der Waals surface area contributed by atoms with Gasteiger partial charge in [-0.2, -0.15) is 11.8 Å². The zero-order chi connectivity index (χ0) is 28.4. The Kier molecular flexibility index (Phi) is 11.6. The number of para-hydroxylation sites is 1. The van der Waals surface area contributed by atoms with E-state index < -0.39 is 66.2 Å². The SMILES string of the molecule is CSCCC(NC(=O)C(Cc1c[nH]c2ccccc12)NC(=O)C(N)CC(=O)O)C(=O)NC(C(=O)O)C(C)C. The van der Waals surface area contributed by atoms with E-state index in [0.29, 0.717) is 11.3 Å². The molecule has 4 atom stereocenters. The van der Waals surface area contributed by atoms with Crippen LogP contribution < -0.4 is 21.7 Å². The first kappa shape index (κ1) is 30.6. The monoisotopic (exact) mass is 549 g/mol. The van der Waals surface area contributed by atoms with Gasteiger partial charge in [-0.15, -0.1) is 0 Å². The highest BCUT2D eigenvalue weighted by atomic mass is 32.2. The molecule has 0 aliphatic carbocycles. The first-order valence-electron chi connectivity index (χ1n) is 12.1. The molecule has 1 aromatic carbocycles. The molecule has 208 valence electrons. The lowest BCUT2D eigenvalue weighted by Crippen LogP contribution is -2.58. The summed E-state index contributed by atoms with van der Waals surface area (Å²) in [6.45, 7) is 3.31. The molecular weight excluding hydrogens is 514 g/mol. The topological polar surface area (TPSA) is 204 Å². The van der Waals surface area contributed by atoms with Crippen LogP contribution in [-0.4, -0.2) is 81.0 Å². The number of aliphatic carboxylic acids is 2. The van der Waals surface area contributed by atoms with Gasteiger partial charge in [0.15, 0.2) is 0 Å². The Bertz CT molecular complexity index is 1150. The average molecular weight is 550 g/mol. The van der Waals surface area contributed by atoms with Crippen LogP contribution >= 0.6 is 11.8 Å². The Morgan fingerprint density at radius 2 is 1.61 bits per heavy atom. The molecule has 0 saturated carbocycles. The van der Waals surface area contributed by atoms with Gasteiger partial charge < -0.3 is 36.9 Å². The minimum atomic E-state index is -1.39. The number of carbonyl (C=O) groups is 5. The van der Waals surface area contributed by atoms with Crippen molar-refractivity contribution in [1.29, 1.82) is 0 Å². The Morgan fingerprint density at radius 3 is 2.21 bits per heavy atom. The maximum atomic E-state index is 13.4. The van der Waals surface area contributed by atoms with Crippen molar-refractivity contribution in [2.75, 3.05) is 12.0 Å². The van der Waals surface area contributed by atoms with Crippen molar-refractivity contribution in [2.45, 2.75) is 57.3 Å². The molecule has 4 unspecified atom stereocenters. The molecule has 1 aromatic heterocycles. The Hall–Kier alpha value is -3.58. The molecule has 0 aliphatic heterocycles. The van der Waals surface area contributed by atoms with Gasteiger partial charge in [0.1, 0.15) is 18.1 Å². The Balaban J connectivity index is 2.30. The number of benzene rings is 1. The highest BCUT2D eigenvalue weighted by Crippen LogP contribution is 2.19. The molecule has 2 aromatic rings. The molecule has 2 rings (SSSR count). The first-order valence-corrected chi connectivity index (χ1v) is 13.5. The maximum Gasteiger partial charge on any atom is 0.326 e. The average Bonchev–Trinajstić information content (AvgIpc) is 3.26. The lowest BCUT2D eigenvalue weighted by Gasteiger charge is -2.26. The number of carbonyl (C=O) groups excluding carboxylic acids is 3. The number of amides is 3. The van der Waals surface area contributed by atoms with Crippen molar-refractivity contribution >= 4 is 52.3 Å². The second kappa shape index (κ2) is 14.4. The summed E-state index contributed by atoms with van der Waals surface area (Å²) in [5, 5.41) is 26.9. The molecule has 0 bridgehead atoms. The summed E-state index contributed by atoms with van der Waals surface area (Å²) in [6, 6.07) is 2.59. The van der Waals surface area contributed by atoms with Crippen LogP contribution in [0, 0.1) is 5.92 Å². The van der Waals surface area contributed by atoms with E-state index in [0.717, 1.165) is 10.9 Å². The highest BCUT2D eigenvalue weighted by molar-refractivity contribution is 7.98. The number of nitrogens with two attached hydrogens (primary N) is 1. The predicted molar refractivity (Wildman–Crippen MR) is 143 cm³/mol. The number of rotatable bonds is 15. The molecule has 1 heterocycles. The lowest BCUT2D eigenvalue weighted by atomic mass is 10.0. The van der Waals surface area contributed by atoms with Gasteiger partial charge in [0.25, 0.3) is 0 Å². The summed E-state index contributed by atoms with van der Waals surface area (Å²) < 4.78 is 0. The number of hydrogen-bond donors (Lipinski definition) is 7. The predicted octanol–water partition coefficient (Wildman–Crippen LogP) is 0.461. The summed E-state index contributed by atoms with van der Waals surface area (Å²) in [7, 11) is 0. The van der Waals surface area contributed by atoms with Crippen LogP contribution in [0.2, 0.25) is 0 Å². The fourth-order valence-corrected chi connectivity index (χ4v) is 4.30. The van der Waals surface area contributed by atoms with Gasteiger partial charge in [0.05, 0.1) is 12.5 Å². The largest absolute Gasteiger partial charge is 0.481 e. The van der Waals surface area contributed by atoms with E-state index in [4.69, 9.17) is 10.8 Å². The minimum absolute atomic E-state index is 0.0298. The van der Waals surface area contributed by atoms with E-state index >= 15 is 0 Å². The zero-order valence-electron chi connectivity index (χ0n) is 21.5. The van der Waals surface area contributed by atoms with Crippen molar-refractivity contribution in [3.8, 4) is 0 Å². The molecule has 0 aliphatic rings. The van der Waals surface area contributed by atoms with E-state index in [1.54, 1.807) is 20.0 Å². The minimum Gasteiger partial charge on any atom is -0.481 e. The number of fused-ring (bicyclic) bond motifs is 1. The molecule has 0 spiro atoms. The summed E-state index contributed by atoms with van der Waals surface area (Å²) in [5.41, 5.74) is 7.24. The van der Waals surface area contributed by atoms with Gasteiger partial charge in [0, 0.05) is 23.5 Å². The van der Waals surface area contributed by atoms with Crippen LogP contribution in [0.5, 0.6) is 0 Å². The highest BCUT2D eigenvalue weighted by Gasteiger charge is 2.32. The van der Waals surface area contributed by atoms with Crippen molar-refractivity contribution in [3.05, 3.63) is 36.0 Å². The van der Waals surface area contributed by atoms with Crippen LogP contribution in [0.15, 0.2) is 30.5 Å². The second-order valence-corrected chi connectivity index (χ2v) is 10.2. The number of aromatic amines is 1. The molecule has 0 radical (unpaired) electrons. The lowest BCUT2D eigenvalue weighted by molar-refractivity contribution is -0.143. The van der Waals surface area contributed by atoms with Crippen molar-refractivity contribution < 1.29 is 34.2 Å². The summed E-state index contributed by atoms with van der Waals surface area (Å²) >= 11 is 1.45. The van der Waals surface area contributed by atoms with Crippen LogP contribution in [-0.2, 0) is 30.4 Å². The molecular formula is C25H35N5O7S. The van der Waals surface area contributed by atoms with Gasteiger partial charge in [-0.3, -0.25) is 19.2 Å². The summed E-state index contributed by atoms with van der Waals surface area (Å²) in [5.74, 6) is -4.53. The molecule has 8 N–H and O–H groups in total. The molecule has 0 saturated heterocycles. The number of nitrogens with one attached hydrogen (secondary N) is 4.